The van der Waals surface area contributed by atoms with Crippen molar-refractivity contribution >= 4 is 23.6 Å². The van der Waals surface area contributed by atoms with E-state index in [4.69, 9.17) is 14.2 Å². The molecule has 1 atom stereocenters. The number of carbonyl (C=O) groups is 4. The summed E-state index contributed by atoms with van der Waals surface area (Å²) in [4.78, 5) is 53.5. The number of Topliss-reactive ketones (excluding diaryl/α,β-unsaturated/α-hetero) is 1. The topological polar surface area (TPSA) is 135 Å². The zero-order valence-electron chi connectivity index (χ0n) is 20.7. The molecule has 2 rings (SSSR count). The molecule has 1 aliphatic carbocycles. The van der Waals surface area contributed by atoms with Crippen LogP contribution in [0.4, 0.5) is 4.79 Å². The maximum Gasteiger partial charge on any atom is 0.318 e. The third-order valence-electron chi connectivity index (χ3n) is 6.43. The smallest absolute Gasteiger partial charge is 0.318 e. The Balaban J connectivity index is 2.10. The number of carbonyl (C=O) groups excluding carboxylic acids is 4. The van der Waals surface area contributed by atoms with Gasteiger partial charge < -0.3 is 35.1 Å². The van der Waals surface area contributed by atoms with Gasteiger partial charge in [0.1, 0.15) is 5.54 Å². The molecule has 1 unspecified atom stereocenters. The van der Waals surface area contributed by atoms with E-state index >= 15 is 0 Å². The first-order valence-electron chi connectivity index (χ1n) is 12.2. The number of methoxy groups -OCH3 is 2. The molecule has 0 aromatic carbocycles. The Morgan fingerprint density at radius 2 is 1.68 bits per heavy atom. The summed E-state index contributed by atoms with van der Waals surface area (Å²) < 4.78 is 15.4. The van der Waals surface area contributed by atoms with E-state index < -0.39 is 35.5 Å². The number of nitrogens with one attached hydrogen (secondary N) is 3. The predicted octanol–water partition coefficient (Wildman–Crippen LogP) is 0.710. The molecule has 34 heavy (non-hydrogen) atoms. The van der Waals surface area contributed by atoms with Crippen LogP contribution in [0.2, 0.25) is 0 Å². The molecule has 0 aromatic rings. The van der Waals surface area contributed by atoms with Crippen LogP contribution in [-0.2, 0) is 28.6 Å². The van der Waals surface area contributed by atoms with Gasteiger partial charge in [-0.25, -0.2) is 4.79 Å². The molecule has 194 valence electrons. The van der Waals surface area contributed by atoms with Crippen molar-refractivity contribution in [3.05, 3.63) is 0 Å². The van der Waals surface area contributed by atoms with Crippen molar-refractivity contribution in [2.75, 3.05) is 47.1 Å². The Hall–Kier alpha value is -2.24. The lowest BCUT2D eigenvalue weighted by molar-refractivity contribution is -0.143. The summed E-state index contributed by atoms with van der Waals surface area (Å²) in [5.74, 6) is -1.95. The minimum absolute atomic E-state index is 0.00552. The first kappa shape index (κ1) is 28.0. The first-order valence-corrected chi connectivity index (χ1v) is 12.2. The summed E-state index contributed by atoms with van der Waals surface area (Å²) in [7, 11) is 2.86. The van der Waals surface area contributed by atoms with Gasteiger partial charge in [-0.1, -0.05) is 39.0 Å². The van der Waals surface area contributed by atoms with E-state index in [0.29, 0.717) is 52.0 Å². The van der Waals surface area contributed by atoms with Crippen LogP contribution in [0.1, 0.15) is 58.3 Å². The number of nitrogens with zero attached hydrogens (tertiary/aromatic N) is 1. The van der Waals surface area contributed by atoms with Gasteiger partial charge in [0.05, 0.1) is 25.8 Å². The average Bonchev–Trinajstić information content (AvgIpc) is 2.87. The lowest BCUT2D eigenvalue weighted by atomic mass is 9.80. The van der Waals surface area contributed by atoms with Gasteiger partial charge in [0.2, 0.25) is 11.7 Å². The van der Waals surface area contributed by atoms with E-state index in [2.05, 4.69) is 16.0 Å². The molecule has 11 nitrogen and oxygen atoms in total. The van der Waals surface area contributed by atoms with Crippen LogP contribution in [-0.4, -0.2) is 93.5 Å². The normalized spacial score (nSPS) is 18.8. The molecule has 0 bridgehead atoms. The summed E-state index contributed by atoms with van der Waals surface area (Å²) in [6, 6.07) is -1.28. The number of ether oxygens (including phenoxy) is 3. The monoisotopic (exact) mass is 484 g/mol. The van der Waals surface area contributed by atoms with Crippen molar-refractivity contribution in [3.63, 3.8) is 0 Å². The Bertz CT molecular complexity index is 687. The second-order valence-corrected chi connectivity index (χ2v) is 8.82. The lowest BCUT2D eigenvalue weighted by Gasteiger charge is -2.39. The van der Waals surface area contributed by atoms with Crippen LogP contribution in [0.25, 0.3) is 0 Å². The summed E-state index contributed by atoms with van der Waals surface area (Å²) in [6.07, 6.45) is 4.65. The summed E-state index contributed by atoms with van der Waals surface area (Å²) >= 11 is 0. The lowest BCUT2D eigenvalue weighted by Crippen LogP contribution is -2.64. The molecule has 1 aliphatic heterocycles. The third-order valence-corrected chi connectivity index (χ3v) is 6.43. The quantitative estimate of drug-likeness (QED) is 0.274. The molecule has 2 fully saturated rings. The summed E-state index contributed by atoms with van der Waals surface area (Å²) in [6.45, 7) is 3.82. The van der Waals surface area contributed by atoms with Gasteiger partial charge in [-0.3, -0.25) is 14.4 Å². The Labute approximate surface area is 201 Å². The third kappa shape index (κ3) is 7.92. The molecule has 1 heterocycles. The first-order chi connectivity index (χ1) is 16.4. The van der Waals surface area contributed by atoms with Gasteiger partial charge in [-0.05, 0) is 19.3 Å². The number of ketones is 1. The SMILES string of the molecule is CCCCC(NC(=O)C1(NC(=O)N2CCOCC2)CCCCC1)C(=O)C(=O)NCC(OC)OC. The fourth-order valence-corrected chi connectivity index (χ4v) is 4.27. The number of amides is 4. The second kappa shape index (κ2) is 14.2. The molecular formula is C23H40N4O7. The molecule has 0 spiro atoms. The number of urea groups is 1. The number of hydrogen-bond donors (Lipinski definition) is 3. The minimum atomic E-state index is -1.11. The highest BCUT2D eigenvalue weighted by molar-refractivity contribution is 6.38. The van der Waals surface area contributed by atoms with Crippen LogP contribution in [0, 0.1) is 0 Å². The zero-order chi connectivity index (χ0) is 25.0. The van der Waals surface area contributed by atoms with Crippen LogP contribution < -0.4 is 16.0 Å². The largest absolute Gasteiger partial charge is 0.378 e. The van der Waals surface area contributed by atoms with Gasteiger partial charge in [-0.2, -0.15) is 0 Å². The van der Waals surface area contributed by atoms with Crippen LogP contribution in [0.3, 0.4) is 0 Å². The predicted molar refractivity (Wildman–Crippen MR) is 124 cm³/mol. The highest BCUT2D eigenvalue weighted by atomic mass is 16.7. The molecule has 1 saturated heterocycles. The second-order valence-electron chi connectivity index (χ2n) is 8.82. The van der Waals surface area contributed by atoms with E-state index in [9.17, 15) is 19.2 Å². The minimum Gasteiger partial charge on any atom is -0.378 e. The number of hydrogen-bond acceptors (Lipinski definition) is 7. The molecular weight excluding hydrogens is 444 g/mol. The standard InChI is InChI=1S/C23H40N4O7/c1-4-5-9-17(19(28)20(29)24-16-18(32-2)33-3)25-21(30)23(10-7-6-8-11-23)26-22(31)27-12-14-34-15-13-27/h17-18H,4-16H2,1-3H3,(H,24,29)(H,25,30)(H,26,31). The fourth-order valence-electron chi connectivity index (χ4n) is 4.27. The summed E-state index contributed by atoms with van der Waals surface area (Å²) in [5, 5.41) is 8.26. The van der Waals surface area contributed by atoms with Crippen LogP contribution in [0.5, 0.6) is 0 Å². The van der Waals surface area contributed by atoms with Crippen LogP contribution in [0.15, 0.2) is 0 Å². The van der Waals surface area contributed by atoms with Gasteiger partial charge in [-0.15, -0.1) is 0 Å². The molecule has 3 N–H and O–H groups in total. The molecule has 1 saturated carbocycles. The van der Waals surface area contributed by atoms with E-state index in [1.54, 1.807) is 4.90 Å². The fraction of sp³-hybridized carbons (Fsp3) is 0.826. The van der Waals surface area contributed by atoms with Crippen molar-refractivity contribution in [1.82, 2.24) is 20.9 Å². The molecule has 4 amide bonds. The molecule has 2 aliphatic rings. The van der Waals surface area contributed by atoms with Crippen LogP contribution >= 0.6 is 0 Å². The molecule has 11 heteroatoms. The Morgan fingerprint density at radius 3 is 2.26 bits per heavy atom. The molecule has 0 aromatic heterocycles. The van der Waals surface area contributed by atoms with E-state index in [-0.39, 0.29) is 12.6 Å². The van der Waals surface area contributed by atoms with Gasteiger partial charge >= 0.3 is 6.03 Å². The van der Waals surface area contributed by atoms with E-state index in [0.717, 1.165) is 25.7 Å². The molecule has 0 radical (unpaired) electrons. The number of rotatable bonds is 12. The summed E-state index contributed by atoms with van der Waals surface area (Å²) in [5.41, 5.74) is -1.11. The van der Waals surface area contributed by atoms with E-state index in [1.807, 2.05) is 6.92 Å². The number of unbranched alkanes of at least 4 members (excludes halogenated alkanes) is 1. The van der Waals surface area contributed by atoms with Crippen molar-refractivity contribution in [2.24, 2.45) is 0 Å². The van der Waals surface area contributed by atoms with Gasteiger partial charge in [0.25, 0.3) is 5.91 Å². The number of morpholine rings is 1. The van der Waals surface area contributed by atoms with Crippen molar-refractivity contribution in [3.8, 4) is 0 Å². The Kier molecular flexibility index (Phi) is 11.7. The maximum atomic E-state index is 13.5. The maximum absolute atomic E-state index is 13.5. The van der Waals surface area contributed by atoms with Crippen molar-refractivity contribution in [2.45, 2.75) is 76.2 Å². The van der Waals surface area contributed by atoms with Gasteiger partial charge in [0.15, 0.2) is 6.29 Å². The van der Waals surface area contributed by atoms with Crippen molar-refractivity contribution in [1.29, 1.82) is 0 Å². The zero-order valence-corrected chi connectivity index (χ0v) is 20.7. The van der Waals surface area contributed by atoms with Gasteiger partial charge in [0, 0.05) is 27.3 Å². The van der Waals surface area contributed by atoms with Crippen molar-refractivity contribution < 1.29 is 33.4 Å². The highest BCUT2D eigenvalue weighted by Gasteiger charge is 2.43. The Morgan fingerprint density at radius 1 is 1.03 bits per heavy atom. The average molecular weight is 485 g/mol. The highest BCUT2D eigenvalue weighted by Crippen LogP contribution is 2.29. The van der Waals surface area contributed by atoms with E-state index in [1.165, 1.54) is 14.2 Å².